The van der Waals surface area contributed by atoms with Crippen LogP contribution in [0, 0.1) is 5.82 Å². The van der Waals surface area contributed by atoms with Gasteiger partial charge in [0.15, 0.2) is 0 Å². The molecule has 0 radical (unpaired) electrons. The van der Waals surface area contributed by atoms with Crippen LogP contribution in [0.4, 0.5) is 4.39 Å². The fourth-order valence-electron chi connectivity index (χ4n) is 1.96. The smallest absolute Gasteiger partial charge is 0.335 e. The average Bonchev–Trinajstić information content (AvgIpc) is 2.47. The number of carbonyl (C=O) groups is 2. The van der Waals surface area contributed by atoms with E-state index in [1.165, 1.54) is 24.3 Å². The van der Waals surface area contributed by atoms with Gasteiger partial charge < -0.3 is 10.4 Å². The van der Waals surface area contributed by atoms with Crippen LogP contribution >= 0.6 is 15.9 Å². The molecule has 0 bridgehead atoms. The molecule has 0 aromatic heterocycles. The normalized spacial score (nSPS) is 11.8. The number of carboxylic acids is 1. The number of benzene rings is 2. The second-order valence-electron chi connectivity index (χ2n) is 4.78. The Bertz CT molecular complexity index is 716. The molecule has 1 amide bonds. The molecule has 0 saturated heterocycles. The molecule has 1 unspecified atom stereocenters. The van der Waals surface area contributed by atoms with Gasteiger partial charge in [0.2, 0.25) is 0 Å². The molecular weight excluding hydrogens is 353 g/mol. The minimum atomic E-state index is -1.11. The summed E-state index contributed by atoms with van der Waals surface area (Å²) in [5, 5.41) is 11.8. The molecular formula is C16H13BrFNO3. The van der Waals surface area contributed by atoms with Gasteiger partial charge in [-0.2, -0.15) is 0 Å². The summed E-state index contributed by atoms with van der Waals surface area (Å²) in [5.74, 6) is -1.86. The zero-order valence-electron chi connectivity index (χ0n) is 11.6. The van der Waals surface area contributed by atoms with Crippen LogP contribution in [0.1, 0.15) is 39.2 Å². The third kappa shape index (κ3) is 3.92. The van der Waals surface area contributed by atoms with Crippen molar-refractivity contribution in [2.24, 2.45) is 0 Å². The van der Waals surface area contributed by atoms with Crippen molar-refractivity contribution in [3.63, 3.8) is 0 Å². The molecule has 4 nitrogen and oxygen atoms in total. The van der Waals surface area contributed by atoms with Gasteiger partial charge in [0.1, 0.15) is 5.82 Å². The summed E-state index contributed by atoms with van der Waals surface area (Å²) < 4.78 is 13.4. The van der Waals surface area contributed by atoms with Crippen LogP contribution in [-0.4, -0.2) is 17.0 Å². The molecule has 0 spiro atoms. The fourth-order valence-corrected chi connectivity index (χ4v) is 2.45. The van der Waals surface area contributed by atoms with Gasteiger partial charge in [0, 0.05) is 10.0 Å². The lowest BCUT2D eigenvalue weighted by molar-refractivity contribution is 0.0697. The van der Waals surface area contributed by atoms with Crippen LogP contribution in [0.15, 0.2) is 46.9 Å². The minimum Gasteiger partial charge on any atom is -0.478 e. The summed E-state index contributed by atoms with van der Waals surface area (Å²) in [6.45, 7) is 1.77. The van der Waals surface area contributed by atoms with Crippen molar-refractivity contribution >= 4 is 27.8 Å². The number of amides is 1. The van der Waals surface area contributed by atoms with Crippen molar-refractivity contribution in [3.05, 3.63) is 69.4 Å². The van der Waals surface area contributed by atoms with Crippen LogP contribution < -0.4 is 5.32 Å². The van der Waals surface area contributed by atoms with Crippen LogP contribution in [-0.2, 0) is 0 Å². The number of aromatic carboxylic acids is 1. The van der Waals surface area contributed by atoms with Crippen molar-refractivity contribution < 1.29 is 19.1 Å². The lowest BCUT2D eigenvalue weighted by atomic mass is 10.1. The van der Waals surface area contributed by atoms with Gasteiger partial charge in [-0.1, -0.05) is 28.1 Å². The van der Waals surface area contributed by atoms with E-state index in [0.29, 0.717) is 4.47 Å². The molecule has 0 aliphatic heterocycles. The highest BCUT2D eigenvalue weighted by molar-refractivity contribution is 9.10. The number of carbonyl (C=O) groups excluding carboxylic acids is 1. The number of nitrogens with one attached hydrogen (secondary N) is 1. The minimum absolute atomic E-state index is 0.0222. The first-order chi connectivity index (χ1) is 10.4. The second kappa shape index (κ2) is 6.70. The molecule has 1 atom stereocenters. The van der Waals surface area contributed by atoms with Crippen molar-refractivity contribution in [1.29, 1.82) is 0 Å². The summed E-state index contributed by atoms with van der Waals surface area (Å²) in [7, 11) is 0. The fraction of sp³-hybridized carbons (Fsp3) is 0.125. The number of carboxylic acid groups (broad SMARTS) is 1. The van der Waals surface area contributed by atoms with E-state index in [4.69, 9.17) is 5.11 Å². The van der Waals surface area contributed by atoms with Gasteiger partial charge in [-0.15, -0.1) is 0 Å². The first-order valence-corrected chi connectivity index (χ1v) is 7.26. The maximum Gasteiger partial charge on any atom is 0.335 e. The predicted octanol–water partition coefficient (Wildman–Crippen LogP) is 3.78. The van der Waals surface area contributed by atoms with E-state index in [1.807, 2.05) is 0 Å². The third-order valence-corrected chi connectivity index (χ3v) is 3.58. The number of halogens is 2. The number of rotatable bonds is 4. The highest BCUT2D eigenvalue weighted by Crippen LogP contribution is 2.18. The maximum atomic E-state index is 12.9. The summed E-state index contributed by atoms with van der Waals surface area (Å²) in [6, 6.07) is 9.74. The molecule has 0 aliphatic rings. The molecule has 6 heteroatoms. The van der Waals surface area contributed by atoms with Crippen molar-refractivity contribution in [3.8, 4) is 0 Å². The summed E-state index contributed by atoms with van der Waals surface area (Å²) in [4.78, 5) is 23.2. The molecule has 2 N–H and O–H groups in total. The number of hydrogen-bond acceptors (Lipinski definition) is 2. The third-order valence-electron chi connectivity index (χ3n) is 3.12. The van der Waals surface area contributed by atoms with Gasteiger partial charge >= 0.3 is 5.97 Å². The quantitative estimate of drug-likeness (QED) is 0.866. The topological polar surface area (TPSA) is 66.4 Å². The van der Waals surface area contributed by atoms with E-state index >= 15 is 0 Å². The van der Waals surface area contributed by atoms with Gasteiger partial charge in [-0.3, -0.25) is 4.79 Å². The number of hydrogen-bond donors (Lipinski definition) is 2. The Kier molecular flexibility index (Phi) is 4.92. The zero-order chi connectivity index (χ0) is 16.3. The molecule has 0 aliphatic carbocycles. The van der Waals surface area contributed by atoms with E-state index in [-0.39, 0.29) is 23.0 Å². The summed E-state index contributed by atoms with van der Waals surface area (Å²) >= 11 is 3.18. The highest BCUT2D eigenvalue weighted by atomic mass is 79.9. The Balaban J connectivity index is 2.18. The van der Waals surface area contributed by atoms with Crippen molar-refractivity contribution in [2.45, 2.75) is 13.0 Å². The van der Waals surface area contributed by atoms with Gasteiger partial charge in [-0.05, 0) is 42.8 Å². The zero-order valence-corrected chi connectivity index (χ0v) is 13.2. The maximum absolute atomic E-state index is 12.9. The van der Waals surface area contributed by atoms with E-state index in [2.05, 4.69) is 21.2 Å². The Morgan fingerprint density at radius 3 is 2.32 bits per heavy atom. The van der Waals surface area contributed by atoms with Crippen LogP contribution in [0.2, 0.25) is 0 Å². The summed E-state index contributed by atoms with van der Waals surface area (Å²) in [5.41, 5.74) is 1.01. The molecule has 2 aromatic rings. The Morgan fingerprint density at radius 2 is 1.73 bits per heavy atom. The van der Waals surface area contributed by atoms with Gasteiger partial charge in [0.05, 0.1) is 11.6 Å². The predicted molar refractivity (Wildman–Crippen MR) is 83.4 cm³/mol. The Morgan fingerprint density at radius 1 is 1.14 bits per heavy atom. The summed E-state index contributed by atoms with van der Waals surface area (Å²) in [6.07, 6.45) is 0. The van der Waals surface area contributed by atoms with E-state index in [0.717, 1.165) is 5.56 Å². The molecule has 2 aromatic carbocycles. The van der Waals surface area contributed by atoms with E-state index in [9.17, 15) is 14.0 Å². The van der Waals surface area contributed by atoms with E-state index < -0.39 is 11.9 Å². The Hall–Kier alpha value is -2.21. The molecule has 114 valence electrons. The lowest BCUT2D eigenvalue weighted by Crippen LogP contribution is -2.26. The molecule has 0 fully saturated rings. The highest BCUT2D eigenvalue weighted by Gasteiger charge is 2.14. The molecule has 22 heavy (non-hydrogen) atoms. The molecule has 2 rings (SSSR count). The largest absolute Gasteiger partial charge is 0.478 e. The lowest BCUT2D eigenvalue weighted by Gasteiger charge is -2.15. The van der Waals surface area contributed by atoms with Crippen molar-refractivity contribution in [1.82, 2.24) is 5.32 Å². The molecule has 0 saturated carbocycles. The second-order valence-corrected chi connectivity index (χ2v) is 5.70. The van der Waals surface area contributed by atoms with Gasteiger partial charge in [-0.25, -0.2) is 9.18 Å². The SMILES string of the molecule is CC(NC(=O)c1cc(Br)cc(C(=O)O)c1)c1ccc(F)cc1. The average molecular weight is 366 g/mol. The monoisotopic (exact) mass is 365 g/mol. The molecule has 0 heterocycles. The van der Waals surface area contributed by atoms with Crippen molar-refractivity contribution in [2.75, 3.05) is 0 Å². The first kappa shape index (κ1) is 16.2. The Labute approximate surface area is 135 Å². The standard InChI is InChI=1S/C16H13BrFNO3/c1-9(10-2-4-14(18)5-3-10)19-15(20)11-6-12(16(21)22)8-13(17)7-11/h2-9H,1H3,(H,19,20)(H,21,22). The van der Waals surface area contributed by atoms with Crippen LogP contribution in [0.3, 0.4) is 0 Å². The van der Waals surface area contributed by atoms with E-state index in [1.54, 1.807) is 25.1 Å². The van der Waals surface area contributed by atoms with Crippen LogP contribution in [0.25, 0.3) is 0 Å². The van der Waals surface area contributed by atoms with Gasteiger partial charge in [0.25, 0.3) is 5.91 Å². The first-order valence-electron chi connectivity index (χ1n) is 6.47. The van der Waals surface area contributed by atoms with Crippen LogP contribution in [0.5, 0.6) is 0 Å².